The van der Waals surface area contributed by atoms with Gasteiger partial charge in [-0.1, -0.05) is 60.7 Å². The number of likely N-dealkylation sites (N-methyl/N-ethyl adjacent to an activating group) is 1. The van der Waals surface area contributed by atoms with Crippen LogP contribution in [-0.2, 0) is 10.3 Å². The maximum Gasteiger partial charge on any atom is 0.389 e. The minimum atomic E-state index is -4.13. The van der Waals surface area contributed by atoms with Gasteiger partial charge in [-0.05, 0) is 24.6 Å². The van der Waals surface area contributed by atoms with Gasteiger partial charge in [0, 0.05) is 19.6 Å². The van der Waals surface area contributed by atoms with Crippen molar-refractivity contribution in [2.75, 3.05) is 20.2 Å². The molecule has 2 aromatic rings. The molecular weight excluding hydrogens is 327 g/mol. The lowest BCUT2D eigenvalue weighted by Crippen LogP contribution is -2.68. The summed E-state index contributed by atoms with van der Waals surface area (Å²) in [4.78, 5) is 2.20. The quantitative estimate of drug-likeness (QED) is 0.707. The Morgan fingerprint density at radius 1 is 1.00 bits per heavy atom. The largest absolute Gasteiger partial charge is 0.389 e. The lowest BCUT2D eigenvalue weighted by atomic mass is 9.71. The van der Waals surface area contributed by atoms with E-state index in [1.807, 2.05) is 43.4 Å². The van der Waals surface area contributed by atoms with Gasteiger partial charge in [-0.3, -0.25) is 4.90 Å². The Hall–Kier alpha value is -1.85. The monoisotopic (exact) mass is 349 g/mol. The van der Waals surface area contributed by atoms with E-state index >= 15 is 0 Å². The highest BCUT2D eigenvalue weighted by molar-refractivity contribution is 5.43. The Bertz CT molecular complexity index is 633. The van der Waals surface area contributed by atoms with Gasteiger partial charge in [0.2, 0.25) is 0 Å². The summed E-state index contributed by atoms with van der Waals surface area (Å²) in [7, 11) is 2.02. The molecule has 2 aromatic carbocycles. The van der Waals surface area contributed by atoms with Crippen molar-refractivity contribution in [1.82, 2.24) is 4.90 Å². The van der Waals surface area contributed by atoms with E-state index in [-0.39, 0.29) is 19.1 Å². The molecule has 1 aliphatic heterocycles. The molecule has 134 valence electrons. The van der Waals surface area contributed by atoms with Crippen molar-refractivity contribution in [3.8, 4) is 0 Å². The van der Waals surface area contributed by atoms with Crippen molar-refractivity contribution in [2.24, 2.45) is 0 Å². The molecule has 0 aliphatic carbocycles. The molecule has 1 saturated heterocycles. The van der Waals surface area contributed by atoms with Gasteiger partial charge in [-0.25, -0.2) is 0 Å². The van der Waals surface area contributed by atoms with Gasteiger partial charge in [0.25, 0.3) is 0 Å². The fraction of sp³-hybridized carbons (Fsp3) is 0.400. The number of halogens is 3. The molecular formula is C20H22F3NO. The summed E-state index contributed by atoms with van der Waals surface area (Å²) >= 11 is 0. The molecule has 0 saturated carbocycles. The van der Waals surface area contributed by atoms with Gasteiger partial charge in [0.15, 0.2) is 0 Å². The SMILES string of the molecule is CN1CC(OCCCC(F)(F)F)C1(c1ccccc1)c1ccccc1. The molecule has 0 spiro atoms. The van der Waals surface area contributed by atoms with Gasteiger partial charge in [0.05, 0.1) is 11.6 Å². The second-order valence-electron chi connectivity index (χ2n) is 6.46. The number of hydrogen-bond donors (Lipinski definition) is 0. The molecule has 25 heavy (non-hydrogen) atoms. The molecule has 1 atom stereocenters. The predicted octanol–water partition coefficient (Wildman–Crippen LogP) is 4.60. The summed E-state index contributed by atoms with van der Waals surface area (Å²) in [5, 5.41) is 0. The van der Waals surface area contributed by atoms with E-state index in [0.717, 1.165) is 11.1 Å². The van der Waals surface area contributed by atoms with Crippen LogP contribution in [-0.4, -0.2) is 37.4 Å². The smallest absolute Gasteiger partial charge is 0.374 e. The van der Waals surface area contributed by atoms with Crippen molar-refractivity contribution < 1.29 is 17.9 Å². The number of alkyl halides is 3. The van der Waals surface area contributed by atoms with Crippen LogP contribution in [0.2, 0.25) is 0 Å². The first-order valence-corrected chi connectivity index (χ1v) is 8.45. The number of hydrogen-bond acceptors (Lipinski definition) is 2. The number of nitrogens with zero attached hydrogens (tertiary/aromatic N) is 1. The van der Waals surface area contributed by atoms with Crippen LogP contribution >= 0.6 is 0 Å². The van der Waals surface area contributed by atoms with E-state index in [2.05, 4.69) is 29.2 Å². The van der Waals surface area contributed by atoms with E-state index in [4.69, 9.17) is 4.74 Å². The third-order valence-electron chi connectivity index (χ3n) is 4.86. The molecule has 5 heteroatoms. The summed E-state index contributed by atoms with van der Waals surface area (Å²) in [5.41, 5.74) is 1.73. The highest BCUT2D eigenvalue weighted by atomic mass is 19.4. The van der Waals surface area contributed by atoms with Gasteiger partial charge >= 0.3 is 6.18 Å². The third kappa shape index (κ3) is 3.58. The summed E-state index contributed by atoms with van der Waals surface area (Å²) in [6, 6.07) is 20.0. The zero-order valence-electron chi connectivity index (χ0n) is 14.2. The number of benzene rings is 2. The molecule has 0 N–H and O–H groups in total. The van der Waals surface area contributed by atoms with Crippen LogP contribution in [0.25, 0.3) is 0 Å². The third-order valence-corrected chi connectivity index (χ3v) is 4.86. The Morgan fingerprint density at radius 2 is 1.52 bits per heavy atom. The van der Waals surface area contributed by atoms with E-state index in [1.54, 1.807) is 0 Å². The summed E-state index contributed by atoms with van der Waals surface area (Å²) < 4.78 is 43.0. The maximum absolute atomic E-state index is 12.4. The van der Waals surface area contributed by atoms with E-state index in [1.165, 1.54) is 0 Å². The van der Waals surface area contributed by atoms with E-state index < -0.39 is 18.1 Å². The zero-order chi connectivity index (χ0) is 17.9. The Balaban J connectivity index is 1.83. The van der Waals surface area contributed by atoms with Gasteiger partial charge < -0.3 is 4.74 Å². The summed E-state index contributed by atoms with van der Waals surface area (Å²) in [6.45, 7) is 0.801. The van der Waals surface area contributed by atoms with Crippen molar-refractivity contribution >= 4 is 0 Å². The Kier molecular flexibility index (Phi) is 5.16. The highest BCUT2D eigenvalue weighted by Crippen LogP contribution is 2.46. The lowest BCUT2D eigenvalue weighted by molar-refractivity contribution is -0.157. The van der Waals surface area contributed by atoms with Crippen molar-refractivity contribution in [1.29, 1.82) is 0 Å². The number of likely N-dealkylation sites (tertiary alicyclic amines) is 1. The van der Waals surface area contributed by atoms with Crippen LogP contribution in [0.5, 0.6) is 0 Å². The minimum absolute atomic E-state index is 0.0105. The molecule has 2 nitrogen and oxygen atoms in total. The zero-order valence-corrected chi connectivity index (χ0v) is 14.2. The highest BCUT2D eigenvalue weighted by Gasteiger charge is 2.54. The average Bonchev–Trinajstić information content (AvgIpc) is 2.59. The van der Waals surface area contributed by atoms with Crippen LogP contribution < -0.4 is 0 Å². The van der Waals surface area contributed by atoms with Gasteiger partial charge in [-0.15, -0.1) is 0 Å². The Labute approximate surface area is 146 Å². The molecule has 1 fully saturated rings. The number of ether oxygens (including phenoxy) is 1. The summed E-state index contributed by atoms with van der Waals surface area (Å²) in [5.74, 6) is 0. The lowest BCUT2D eigenvalue weighted by Gasteiger charge is -2.57. The molecule has 0 aromatic heterocycles. The van der Waals surface area contributed by atoms with Crippen molar-refractivity contribution in [3.05, 3.63) is 71.8 Å². The molecule has 3 rings (SSSR count). The Morgan fingerprint density at radius 3 is 1.96 bits per heavy atom. The van der Waals surface area contributed by atoms with Crippen LogP contribution in [0.3, 0.4) is 0 Å². The molecule has 0 amide bonds. The van der Waals surface area contributed by atoms with Crippen molar-refractivity contribution in [2.45, 2.75) is 30.7 Å². The van der Waals surface area contributed by atoms with E-state index in [0.29, 0.717) is 6.54 Å². The summed E-state index contributed by atoms with van der Waals surface area (Å²) in [6.07, 6.45) is -5.12. The first-order valence-electron chi connectivity index (χ1n) is 8.45. The second kappa shape index (κ2) is 7.18. The first-order chi connectivity index (χ1) is 11.9. The first kappa shape index (κ1) is 18.0. The topological polar surface area (TPSA) is 12.5 Å². The fourth-order valence-electron chi connectivity index (χ4n) is 3.69. The predicted molar refractivity (Wildman–Crippen MR) is 91.3 cm³/mol. The van der Waals surface area contributed by atoms with Crippen LogP contribution in [0.1, 0.15) is 24.0 Å². The molecule has 1 heterocycles. The van der Waals surface area contributed by atoms with E-state index in [9.17, 15) is 13.2 Å². The average molecular weight is 349 g/mol. The maximum atomic E-state index is 12.4. The molecule has 0 radical (unpaired) electrons. The normalized spacial score (nSPS) is 20.2. The van der Waals surface area contributed by atoms with Crippen LogP contribution in [0, 0.1) is 0 Å². The molecule has 1 unspecified atom stereocenters. The standard InChI is InChI=1S/C20H22F3NO/c1-24-15-18(25-14-8-13-19(21,22)23)20(24,16-9-4-2-5-10-16)17-11-6-3-7-12-17/h2-7,9-12,18H,8,13-15H2,1H3. The van der Waals surface area contributed by atoms with Crippen LogP contribution in [0.15, 0.2) is 60.7 Å². The number of rotatable bonds is 6. The fourth-order valence-corrected chi connectivity index (χ4v) is 3.69. The molecule has 0 bridgehead atoms. The minimum Gasteiger partial charge on any atom is -0.374 e. The van der Waals surface area contributed by atoms with Gasteiger partial charge in [0.1, 0.15) is 0 Å². The van der Waals surface area contributed by atoms with Crippen LogP contribution in [0.4, 0.5) is 13.2 Å². The second-order valence-corrected chi connectivity index (χ2v) is 6.46. The van der Waals surface area contributed by atoms with Crippen molar-refractivity contribution in [3.63, 3.8) is 0 Å². The van der Waals surface area contributed by atoms with Gasteiger partial charge in [-0.2, -0.15) is 13.2 Å². The molecule has 1 aliphatic rings.